The number of fused-ring (bicyclic) bond motifs is 1. The monoisotopic (exact) mass is 301 g/mol. The zero-order chi connectivity index (χ0) is 14.9. The molecule has 3 saturated heterocycles. The Morgan fingerprint density at radius 1 is 1.23 bits per heavy atom. The second-order valence-corrected chi connectivity index (χ2v) is 6.74. The standard InChI is InChI=1S/C17H23N3O2/c21-17-16-12-19(15-3-6-22-7-4-15)10-14(16)11-20(17)9-13-2-1-5-18-8-13/h1-2,5,8,14-16H,3-4,6-7,9-12H2/t14-,16-/m0/s1. The highest BCUT2D eigenvalue weighted by molar-refractivity contribution is 5.82. The molecule has 22 heavy (non-hydrogen) atoms. The number of rotatable bonds is 3. The minimum absolute atomic E-state index is 0.208. The molecular formula is C17H23N3O2. The summed E-state index contributed by atoms with van der Waals surface area (Å²) < 4.78 is 5.45. The Balaban J connectivity index is 1.38. The van der Waals surface area contributed by atoms with E-state index >= 15 is 0 Å². The van der Waals surface area contributed by atoms with Crippen LogP contribution in [0.1, 0.15) is 18.4 Å². The van der Waals surface area contributed by atoms with Crippen LogP contribution >= 0.6 is 0 Å². The molecule has 118 valence electrons. The number of hydrogen-bond acceptors (Lipinski definition) is 4. The molecule has 5 heteroatoms. The average Bonchev–Trinajstić information content (AvgIpc) is 3.10. The van der Waals surface area contributed by atoms with E-state index in [1.165, 1.54) is 0 Å². The summed E-state index contributed by atoms with van der Waals surface area (Å²) in [6, 6.07) is 4.60. The normalized spacial score (nSPS) is 30.0. The number of hydrogen-bond donors (Lipinski definition) is 0. The van der Waals surface area contributed by atoms with E-state index in [-0.39, 0.29) is 5.92 Å². The maximum absolute atomic E-state index is 12.7. The molecule has 0 saturated carbocycles. The van der Waals surface area contributed by atoms with Crippen LogP contribution in [0, 0.1) is 11.8 Å². The van der Waals surface area contributed by atoms with Crippen LogP contribution in [0.5, 0.6) is 0 Å². The molecule has 0 aromatic carbocycles. The smallest absolute Gasteiger partial charge is 0.227 e. The molecule has 4 rings (SSSR count). The number of amides is 1. The van der Waals surface area contributed by atoms with E-state index in [9.17, 15) is 4.79 Å². The topological polar surface area (TPSA) is 45.7 Å². The summed E-state index contributed by atoms with van der Waals surface area (Å²) in [6.07, 6.45) is 5.87. The zero-order valence-electron chi connectivity index (χ0n) is 12.9. The molecule has 0 N–H and O–H groups in total. The summed E-state index contributed by atoms with van der Waals surface area (Å²) >= 11 is 0. The third kappa shape index (κ3) is 2.63. The molecule has 2 atom stereocenters. The number of carbonyl (C=O) groups excluding carboxylic acids is 1. The van der Waals surface area contributed by atoms with Crippen LogP contribution in [0.15, 0.2) is 24.5 Å². The number of nitrogens with zero attached hydrogens (tertiary/aromatic N) is 3. The Bertz CT molecular complexity index is 530. The van der Waals surface area contributed by atoms with Crippen LogP contribution in [-0.2, 0) is 16.1 Å². The molecule has 0 unspecified atom stereocenters. The van der Waals surface area contributed by atoms with Crippen LogP contribution in [0.3, 0.4) is 0 Å². The minimum atomic E-state index is 0.208. The van der Waals surface area contributed by atoms with Crippen molar-refractivity contribution in [2.45, 2.75) is 25.4 Å². The lowest BCUT2D eigenvalue weighted by Gasteiger charge is -2.32. The number of ether oxygens (including phenoxy) is 1. The Morgan fingerprint density at radius 2 is 2.09 bits per heavy atom. The summed E-state index contributed by atoms with van der Waals surface area (Å²) in [6.45, 7) is 5.37. The van der Waals surface area contributed by atoms with Crippen molar-refractivity contribution in [2.75, 3.05) is 32.8 Å². The van der Waals surface area contributed by atoms with Crippen LogP contribution in [0.25, 0.3) is 0 Å². The van der Waals surface area contributed by atoms with Crippen molar-refractivity contribution in [1.29, 1.82) is 0 Å². The quantitative estimate of drug-likeness (QED) is 0.840. The second kappa shape index (κ2) is 5.97. The fourth-order valence-electron chi connectivity index (χ4n) is 4.18. The lowest BCUT2D eigenvalue weighted by Crippen LogP contribution is -2.40. The van der Waals surface area contributed by atoms with Gasteiger partial charge in [-0.05, 0) is 24.5 Å². The summed E-state index contributed by atoms with van der Waals surface area (Å²) in [5.74, 6) is 1.05. The van der Waals surface area contributed by atoms with Gasteiger partial charge in [-0.15, -0.1) is 0 Å². The molecule has 0 bridgehead atoms. The van der Waals surface area contributed by atoms with Gasteiger partial charge in [0.05, 0.1) is 5.92 Å². The highest BCUT2D eigenvalue weighted by Gasteiger charge is 2.47. The summed E-state index contributed by atoms with van der Waals surface area (Å²) in [4.78, 5) is 21.4. The van der Waals surface area contributed by atoms with Crippen molar-refractivity contribution in [3.63, 3.8) is 0 Å². The van der Waals surface area contributed by atoms with Crippen LogP contribution in [0.2, 0.25) is 0 Å². The fourth-order valence-corrected chi connectivity index (χ4v) is 4.18. The first kappa shape index (κ1) is 14.2. The van der Waals surface area contributed by atoms with Gasteiger partial charge in [-0.2, -0.15) is 0 Å². The van der Waals surface area contributed by atoms with Crippen molar-refractivity contribution in [3.05, 3.63) is 30.1 Å². The van der Waals surface area contributed by atoms with E-state index in [4.69, 9.17) is 4.74 Å². The molecule has 4 heterocycles. The molecule has 0 aliphatic carbocycles. The Hall–Kier alpha value is -1.46. The summed E-state index contributed by atoms with van der Waals surface area (Å²) in [5, 5.41) is 0. The molecule has 1 aromatic rings. The first-order chi connectivity index (χ1) is 10.8. The maximum Gasteiger partial charge on any atom is 0.227 e. The largest absolute Gasteiger partial charge is 0.381 e. The van der Waals surface area contributed by atoms with E-state index in [2.05, 4.69) is 9.88 Å². The molecular weight excluding hydrogens is 278 g/mol. The summed E-state index contributed by atoms with van der Waals surface area (Å²) in [5.41, 5.74) is 1.12. The molecule has 0 radical (unpaired) electrons. The Morgan fingerprint density at radius 3 is 2.82 bits per heavy atom. The van der Waals surface area contributed by atoms with Gasteiger partial charge in [-0.1, -0.05) is 6.07 Å². The van der Waals surface area contributed by atoms with E-state index in [0.29, 0.717) is 24.4 Å². The molecule has 5 nitrogen and oxygen atoms in total. The lowest BCUT2D eigenvalue weighted by molar-refractivity contribution is -0.131. The van der Waals surface area contributed by atoms with E-state index in [1.54, 1.807) is 6.20 Å². The highest BCUT2D eigenvalue weighted by Crippen LogP contribution is 2.35. The molecule has 3 fully saturated rings. The van der Waals surface area contributed by atoms with Gasteiger partial charge in [0, 0.05) is 63.7 Å². The Kier molecular flexibility index (Phi) is 3.84. The molecule has 0 spiro atoms. The van der Waals surface area contributed by atoms with Crippen molar-refractivity contribution < 1.29 is 9.53 Å². The van der Waals surface area contributed by atoms with Gasteiger partial charge in [0.15, 0.2) is 0 Å². The third-order valence-electron chi connectivity index (χ3n) is 5.36. The van der Waals surface area contributed by atoms with Gasteiger partial charge < -0.3 is 9.64 Å². The van der Waals surface area contributed by atoms with Gasteiger partial charge in [0.1, 0.15) is 0 Å². The van der Waals surface area contributed by atoms with Crippen molar-refractivity contribution in [2.24, 2.45) is 11.8 Å². The number of likely N-dealkylation sites (tertiary alicyclic amines) is 2. The van der Waals surface area contributed by atoms with Crippen molar-refractivity contribution >= 4 is 5.91 Å². The fraction of sp³-hybridized carbons (Fsp3) is 0.647. The number of pyridine rings is 1. The zero-order valence-corrected chi connectivity index (χ0v) is 12.9. The molecule has 1 aromatic heterocycles. The minimum Gasteiger partial charge on any atom is -0.381 e. The number of aromatic nitrogens is 1. The maximum atomic E-state index is 12.7. The molecule has 3 aliphatic rings. The molecule has 1 amide bonds. The van der Waals surface area contributed by atoms with Gasteiger partial charge in [-0.3, -0.25) is 14.7 Å². The third-order valence-corrected chi connectivity index (χ3v) is 5.36. The van der Waals surface area contributed by atoms with E-state index < -0.39 is 0 Å². The van der Waals surface area contributed by atoms with Crippen LogP contribution in [-0.4, -0.2) is 59.6 Å². The van der Waals surface area contributed by atoms with E-state index in [0.717, 1.165) is 51.3 Å². The predicted octanol–water partition coefficient (Wildman–Crippen LogP) is 1.15. The van der Waals surface area contributed by atoms with E-state index in [1.807, 2.05) is 23.2 Å². The van der Waals surface area contributed by atoms with Crippen molar-refractivity contribution in [1.82, 2.24) is 14.8 Å². The first-order valence-corrected chi connectivity index (χ1v) is 8.31. The predicted molar refractivity (Wildman–Crippen MR) is 82.0 cm³/mol. The van der Waals surface area contributed by atoms with Gasteiger partial charge >= 0.3 is 0 Å². The van der Waals surface area contributed by atoms with Gasteiger partial charge in [-0.25, -0.2) is 0 Å². The van der Waals surface area contributed by atoms with Gasteiger partial charge in [0.2, 0.25) is 5.91 Å². The van der Waals surface area contributed by atoms with Crippen LogP contribution in [0.4, 0.5) is 0 Å². The first-order valence-electron chi connectivity index (χ1n) is 8.31. The summed E-state index contributed by atoms with van der Waals surface area (Å²) in [7, 11) is 0. The van der Waals surface area contributed by atoms with Gasteiger partial charge in [0.25, 0.3) is 0 Å². The number of carbonyl (C=O) groups is 1. The molecule has 3 aliphatic heterocycles. The van der Waals surface area contributed by atoms with Crippen molar-refractivity contribution in [3.8, 4) is 0 Å². The highest BCUT2D eigenvalue weighted by atomic mass is 16.5. The second-order valence-electron chi connectivity index (χ2n) is 6.74. The lowest BCUT2D eigenvalue weighted by atomic mass is 10.0. The Labute approximate surface area is 131 Å². The SMILES string of the molecule is O=C1[C@H]2CN(C3CCOCC3)C[C@H]2CN1Cc1cccnc1. The average molecular weight is 301 g/mol. The van der Waals surface area contributed by atoms with Crippen LogP contribution < -0.4 is 0 Å².